The van der Waals surface area contributed by atoms with E-state index in [2.05, 4.69) is 9.36 Å². The van der Waals surface area contributed by atoms with Crippen molar-refractivity contribution < 1.29 is 4.74 Å². The Hall–Kier alpha value is -2.70. The van der Waals surface area contributed by atoms with Crippen molar-refractivity contribution in [3.8, 4) is 17.0 Å². The van der Waals surface area contributed by atoms with Crippen molar-refractivity contribution in [3.05, 3.63) is 75.8 Å². The quantitative estimate of drug-likeness (QED) is 0.500. The van der Waals surface area contributed by atoms with Gasteiger partial charge in [-0.25, -0.2) is 4.98 Å². The molecule has 0 aliphatic rings. The maximum atomic E-state index is 12.8. The summed E-state index contributed by atoms with van der Waals surface area (Å²) in [5.41, 5.74) is 3.27. The van der Waals surface area contributed by atoms with Crippen molar-refractivity contribution in [2.24, 2.45) is 0 Å². The van der Waals surface area contributed by atoms with E-state index < -0.39 is 0 Å². The van der Waals surface area contributed by atoms with Gasteiger partial charge in [-0.3, -0.25) is 9.36 Å². The minimum Gasteiger partial charge on any atom is -0.497 e. The van der Waals surface area contributed by atoms with Crippen LogP contribution in [0, 0.1) is 0 Å². The van der Waals surface area contributed by atoms with Crippen LogP contribution >= 0.6 is 23.1 Å². The number of benzene rings is 2. The summed E-state index contributed by atoms with van der Waals surface area (Å²) in [6, 6.07) is 15.2. The van der Waals surface area contributed by atoms with Crippen LogP contribution in [-0.4, -0.2) is 21.0 Å². The summed E-state index contributed by atoms with van der Waals surface area (Å²) in [4.78, 5) is 17.3. The fourth-order valence-electron chi connectivity index (χ4n) is 2.89. The molecule has 5 nitrogen and oxygen atoms in total. The first-order chi connectivity index (χ1) is 13.2. The molecule has 0 saturated carbocycles. The molecule has 0 bridgehead atoms. The van der Waals surface area contributed by atoms with Gasteiger partial charge in [-0.2, -0.15) is 4.37 Å². The lowest BCUT2D eigenvalue weighted by atomic mass is 10.1. The van der Waals surface area contributed by atoms with E-state index in [0.29, 0.717) is 33.9 Å². The van der Waals surface area contributed by atoms with Crippen LogP contribution in [0.15, 0.2) is 59.7 Å². The summed E-state index contributed by atoms with van der Waals surface area (Å²) in [7, 11) is 1.64. The molecule has 0 spiro atoms. The van der Waals surface area contributed by atoms with Gasteiger partial charge in [0.1, 0.15) is 21.7 Å². The van der Waals surface area contributed by atoms with Gasteiger partial charge in [0.25, 0.3) is 5.56 Å². The fraction of sp³-hybridized carbons (Fsp3) is 0.150. The number of methoxy groups -OCH3 is 1. The monoisotopic (exact) mass is 397 g/mol. The molecule has 0 saturated heterocycles. The third-order valence-electron chi connectivity index (χ3n) is 4.34. The minimum absolute atomic E-state index is 0.0689. The topological polar surface area (TPSA) is 57.0 Å². The van der Waals surface area contributed by atoms with Gasteiger partial charge in [0.05, 0.1) is 13.4 Å². The van der Waals surface area contributed by atoms with Crippen molar-refractivity contribution >= 4 is 33.4 Å². The van der Waals surface area contributed by atoms with E-state index in [-0.39, 0.29) is 5.56 Å². The van der Waals surface area contributed by atoms with Crippen molar-refractivity contribution in [2.75, 3.05) is 7.11 Å². The first-order valence-corrected chi connectivity index (χ1v) is 9.54. The van der Waals surface area contributed by atoms with Gasteiger partial charge in [-0.15, -0.1) is 0 Å². The summed E-state index contributed by atoms with van der Waals surface area (Å²) in [6.07, 6.45) is 2.31. The first-order valence-electron chi connectivity index (χ1n) is 8.39. The molecular formula is C20H16ClN3O2S. The number of ether oxygens (including phenoxy) is 1. The van der Waals surface area contributed by atoms with E-state index in [9.17, 15) is 4.79 Å². The predicted molar refractivity (Wildman–Crippen MR) is 109 cm³/mol. The molecule has 0 aliphatic carbocycles. The molecule has 4 rings (SSSR count). The summed E-state index contributed by atoms with van der Waals surface area (Å²) < 4.78 is 11.9. The largest absolute Gasteiger partial charge is 0.497 e. The van der Waals surface area contributed by atoms with E-state index in [1.807, 2.05) is 36.4 Å². The molecule has 4 aromatic rings. The molecular weight excluding hydrogens is 382 g/mol. The minimum atomic E-state index is -0.0689. The number of nitrogens with zero attached hydrogens (tertiary/aromatic N) is 3. The van der Waals surface area contributed by atoms with Gasteiger partial charge < -0.3 is 4.74 Å². The maximum absolute atomic E-state index is 12.8. The Balaban J connectivity index is 1.63. The number of aromatic nitrogens is 3. The van der Waals surface area contributed by atoms with Crippen LogP contribution < -0.4 is 10.3 Å². The van der Waals surface area contributed by atoms with E-state index in [0.717, 1.165) is 16.9 Å². The van der Waals surface area contributed by atoms with Crippen LogP contribution in [0.3, 0.4) is 0 Å². The highest BCUT2D eigenvalue weighted by molar-refractivity contribution is 7.13. The Labute approximate surface area is 165 Å². The number of rotatable bonds is 5. The Morgan fingerprint density at radius 1 is 1.19 bits per heavy atom. The number of hydrogen-bond acceptors (Lipinski definition) is 5. The van der Waals surface area contributed by atoms with E-state index in [4.69, 9.17) is 16.3 Å². The zero-order chi connectivity index (χ0) is 18.8. The Morgan fingerprint density at radius 2 is 2.00 bits per heavy atom. The van der Waals surface area contributed by atoms with Crippen LogP contribution in [-0.2, 0) is 13.0 Å². The molecule has 0 fully saturated rings. The number of halogens is 1. The summed E-state index contributed by atoms with van der Waals surface area (Å²) in [5.74, 6) is 0.809. The summed E-state index contributed by atoms with van der Waals surface area (Å²) in [5, 5.41) is 0.658. The molecule has 0 atom stereocenters. The maximum Gasteiger partial charge on any atom is 0.272 e. The zero-order valence-corrected chi connectivity index (χ0v) is 16.1. The van der Waals surface area contributed by atoms with Crippen molar-refractivity contribution in [1.82, 2.24) is 13.9 Å². The van der Waals surface area contributed by atoms with Crippen molar-refractivity contribution in [3.63, 3.8) is 0 Å². The zero-order valence-electron chi connectivity index (χ0n) is 14.6. The van der Waals surface area contributed by atoms with Crippen LogP contribution in [0.1, 0.15) is 5.56 Å². The van der Waals surface area contributed by atoms with Gasteiger partial charge >= 0.3 is 0 Å². The van der Waals surface area contributed by atoms with Crippen LogP contribution in [0.2, 0.25) is 5.02 Å². The molecule has 0 aliphatic heterocycles. The number of fused-ring (bicyclic) bond motifs is 1. The van der Waals surface area contributed by atoms with E-state index in [1.54, 1.807) is 30.1 Å². The lowest BCUT2D eigenvalue weighted by molar-refractivity contribution is 0.414. The molecule has 2 aromatic carbocycles. The Bertz CT molecular complexity index is 1150. The van der Waals surface area contributed by atoms with E-state index >= 15 is 0 Å². The van der Waals surface area contributed by atoms with Crippen molar-refractivity contribution in [1.29, 1.82) is 0 Å². The van der Waals surface area contributed by atoms with Crippen LogP contribution in [0.5, 0.6) is 5.75 Å². The molecule has 0 unspecified atom stereocenters. The normalized spacial score (nSPS) is 11.0. The molecule has 27 heavy (non-hydrogen) atoms. The lowest BCUT2D eigenvalue weighted by Crippen LogP contribution is -2.20. The highest BCUT2D eigenvalue weighted by atomic mass is 35.5. The second kappa shape index (κ2) is 7.50. The molecule has 2 heterocycles. The van der Waals surface area contributed by atoms with Gasteiger partial charge in [0.2, 0.25) is 0 Å². The second-order valence-corrected chi connectivity index (χ2v) is 7.27. The van der Waals surface area contributed by atoms with Gasteiger partial charge in [-0.05, 0) is 47.8 Å². The predicted octanol–water partition coefficient (Wildman–Crippen LogP) is 4.42. The highest BCUT2D eigenvalue weighted by Crippen LogP contribution is 2.28. The van der Waals surface area contributed by atoms with Gasteiger partial charge in [0, 0.05) is 17.1 Å². The fourth-order valence-corrected chi connectivity index (χ4v) is 3.82. The van der Waals surface area contributed by atoms with Gasteiger partial charge in [0.15, 0.2) is 0 Å². The highest BCUT2D eigenvalue weighted by Gasteiger charge is 2.14. The van der Waals surface area contributed by atoms with Crippen LogP contribution in [0.25, 0.3) is 21.5 Å². The smallest absolute Gasteiger partial charge is 0.272 e. The average molecular weight is 398 g/mol. The average Bonchev–Trinajstić information content (AvgIpc) is 3.13. The van der Waals surface area contributed by atoms with Crippen molar-refractivity contribution in [2.45, 2.75) is 13.0 Å². The first kappa shape index (κ1) is 17.7. The molecule has 7 heteroatoms. The molecule has 0 amide bonds. The Kier molecular flexibility index (Phi) is 4.92. The second-order valence-electron chi connectivity index (χ2n) is 6.06. The molecule has 0 radical (unpaired) electrons. The third-order valence-corrected chi connectivity index (χ3v) is 5.42. The number of hydrogen-bond donors (Lipinski definition) is 0. The lowest BCUT2D eigenvalue weighted by Gasteiger charge is -2.07. The SMILES string of the molecule is COc1cccc(CCn2cnc3c(-c4ccc(Cl)cc4)nsc3c2=O)c1. The van der Waals surface area contributed by atoms with E-state index in [1.165, 1.54) is 11.5 Å². The summed E-state index contributed by atoms with van der Waals surface area (Å²) in [6.45, 7) is 0.545. The van der Waals surface area contributed by atoms with Gasteiger partial charge in [-0.1, -0.05) is 35.9 Å². The standard InChI is InChI=1S/C20H16ClN3O2S/c1-26-16-4-2-3-13(11-16)9-10-24-12-22-18-17(23-27-19(18)20(24)25)14-5-7-15(21)8-6-14/h2-8,11-12H,9-10H2,1H3. The number of aryl methyl sites for hydroxylation is 2. The third kappa shape index (κ3) is 3.59. The van der Waals surface area contributed by atoms with Crippen LogP contribution in [0.4, 0.5) is 0 Å². The molecule has 136 valence electrons. The molecule has 2 aromatic heterocycles. The molecule has 0 N–H and O–H groups in total. The Morgan fingerprint density at radius 3 is 2.78 bits per heavy atom. The summed E-state index contributed by atoms with van der Waals surface area (Å²) >= 11 is 7.13.